The van der Waals surface area contributed by atoms with E-state index in [2.05, 4.69) is 4.98 Å². The molecular weight excluding hydrogens is 516 g/mol. The number of ether oxygens (including phenoxy) is 1. The number of hydrogen-bond acceptors (Lipinski definition) is 6. The van der Waals surface area contributed by atoms with Crippen LogP contribution < -0.4 is 16.0 Å². The molecule has 11 heteroatoms. The van der Waals surface area contributed by atoms with Crippen LogP contribution in [0.4, 0.5) is 0 Å². The molecule has 9 nitrogen and oxygen atoms in total. The van der Waals surface area contributed by atoms with Gasteiger partial charge < -0.3 is 4.74 Å². The van der Waals surface area contributed by atoms with Crippen LogP contribution in [0.25, 0.3) is 27.5 Å². The Kier molecular flexibility index (Phi) is 6.59. The highest BCUT2D eigenvalue weighted by atomic mass is 35.5. The maximum absolute atomic E-state index is 14.1. The normalized spacial score (nSPS) is 15.6. The van der Waals surface area contributed by atoms with Crippen LogP contribution in [0.15, 0.2) is 58.3 Å². The molecule has 0 aliphatic carbocycles. The Hall–Kier alpha value is -3.21. The van der Waals surface area contributed by atoms with Gasteiger partial charge in [-0.25, -0.2) is 22.1 Å². The van der Waals surface area contributed by atoms with Crippen molar-refractivity contribution in [1.29, 1.82) is 0 Å². The molecule has 2 aromatic carbocycles. The molecule has 0 saturated carbocycles. The van der Waals surface area contributed by atoms with Gasteiger partial charge in [-0.3, -0.25) is 14.3 Å². The van der Waals surface area contributed by atoms with Gasteiger partial charge >= 0.3 is 5.69 Å². The fraction of sp³-hybridized carbons (Fsp3) is 0.346. The van der Waals surface area contributed by atoms with Crippen molar-refractivity contribution in [1.82, 2.24) is 18.4 Å². The van der Waals surface area contributed by atoms with E-state index >= 15 is 0 Å². The molecule has 5 rings (SSSR count). The van der Waals surface area contributed by atoms with Gasteiger partial charge in [-0.15, -0.1) is 0 Å². The smallest absolute Gasteiger partial charge is 0.336 e. The SMILES string of the molecule is COc1cccc2c1ncc1c(=O)n(-c3cccc(Cl)c3)c(=O)n(C3CCN(S(=O)(=O)C(C)C)CC3)c12. The zero-order valence-electron chi connectivity index (χ0n) is 20.7. The van der Waals surface area contributed by atoms with E-state index in [4.69, 9.17) is 16.3 Å². The summed E-state index contributed by atoms with van der Waals surface area (Å²) in [4.78, 5) is 32.3. The monoisotopic (exact) mass is 542 g/mol. The second kappa shape index (κ2) is 9.59. The quantitative estimate of drug-likeness (QED) is 0.356. The van der Waals surface area contributed by atoms with Gasteiger partial charge in [0.25, 0.3) is 5.56 Å². The standard InChI is InChI=1S/C26H27ClN4O5S/c1-16(2)37(34,35)29-12-10-18(11-13-29)30-24-20-8-5-9-22(36-3)23(20)28-15-21(24)25(32)31(26(30)33)19-7-4-6-17(27)14-19/h4-9,14-16,18H,10-13H2,1-3H3. The van der Waals surface area contributed by atoms with Gasteiger partial charge in [0.2, 0.25) is 10.0 Å². The number of hydrogen-bond donors (Lipinski definition) is 0. The number of benzene rings is 2. The highest BCUT2D eigenvalue weighted by Crippen LogP contribution is 2.32. The van der Waals surface area contributed by atoms with Gasteiger partial charge in [-0.05, 0) is 51.0 Å². The summed E-state index contributed by atoms with van der Waals surface area (Å²) in [5, 5.41) is 0.753. The molecule has 1 saturated heterocycles. The summed E-state index contributed by atoms with van der Waals surface area (Å²) >= 11 is 6.19. The molecule has 0 unspecified atom stereocenters. The molecule has 3 heterocycles. The molecule has 0 bridgehead atoms. The number of methoxy groups -OCH3 is 1. The van der Waals surface area contributed by atoms with Gasteiger partial charge in [0.05, 0.1) is 29.0 Å². The first-order valence-corrected chi connectivity index (χ1v) is 13.9. The lowest BCUT2D eigenvalue weighted by Gasteiger charge is -2.34. The van der Waals surface area contributed by atoms with Crippen LogP contribution in [0, 0.1) is 0 Å². The number of para-hydroxylation sites is 1. The summed E-state index contributed by atoms with van der Waals surface area (Å²) in [7, 11) is -1.88. The first-order valence-electron chi connectivity index (χ1n) is 12.0. The first kappa shape index (κ1) is 25.4. The number of fused-ring (bicyclic) bond motifs is 3. The molecule has 37 heavy (non-hydrogen) atoms. The Morgan fingerprint density at radius 3 is 2.41 bits per heavy atom. The van der Waals surface area contributed by atoms with Crippen LogP contribution >= 0.6 is 11.6 Å². The van der Waals surface area contributed by atoms with E-state index in [0.717, 1.165) is 4.57 Å². The maximum Gasteiger partial charge on any atom is 0.336 e. The topological polar surface area (TPSA) is 104 Å². The number of rotatable bonds is 5. The van der Waals surface area contributed by atoms with Crippen molar-refractivity contribution >= 4 is 43.4 Å². The lowest BCUT2D eigenvalue weighted by molar-refractivity contribution is 0.270. The third kappa shape index (κ3) is 4.22. The Morgan fingerprint density at radius 1 is 1.05 bits per heavy atom. The number of aromatic nitrogens is 3. The van der Waals surface area contributed by atoms with E-state index in [1.165, 1.54) is 17.6 Å². The summed E-state index contributed by atoms with van der Waals surface area (Å²) in [5.41, 5.74) is 0.326. The Bertz CT molecular complexity index is 1740. The van der Waals surface area contributed by atoms with Crippen molar-refractivity contribution in [3.8, 4) is 11.4 Å². The molecule has 0 N–H and O–H groups in total. The third-order valence-corrected chi connectivity index (χ3v) is 9.45. The Morgan fingerprint density at radius 2 is 1.76 bits per heavy atom. The third-order valence-electron chi connectivity index (χ3n) is 6.93. The molecular formula is C26H27ClN4O5S. The van der Waals surface area contributed by atoms with Gasteiger partial charge in [0, 0.05) is 35.7 Å². The van der Waals surface area contributed by atoms with Crippen LogP contribution in [0.5, 0.6) is 5.75 Å². The van der Waals surface area contributed by atoms with Crippen LogP contribution in [0.1, 0.15) is 32.7 Å². The van der Waals surface area contributed by atoms with Gasteiger partial charge in [0.1, 0.15) is 11.3 Å². The zero-order chi connectivity index (χ0) is 26.5. The van der Waals surface area contributed by atoms with Gasteiger partial charge in [0.15, 0.2) is 0 Å². The minimum absolute atomic E-state index is 0.276. The molecule has 1 aliphatic rings. The van der Waals surface area contributed by atoms with Crippen LogP contribution in [0.2, 0.25) is 5.02 Å². The number of nitrogens with zero attached hydrogens (tertiary/aromatic N) is 4. The van der Waals surface area contributed by atoms with Crippen LogP contribution in [-0.2, 0) is 10.0 Å². The average molecular weight is 543 g/mol. The fourth-order valence-electron chi connectivity index (χ4n) is 5.01. The maximum atomic E-state index is 14.1. The first-order chi connectivity index (χ1) is 17.6. The summed E-state index contributed by atoms with van der Waals surface area (Å²) in [6.45, 7) is 3.88. The van der Waals surface area contributed by atoms with Crippen molar-refractivity contribution in [3.63, 3.8) is 0 Å². The Balaban J connectivity index is 1.79. The van der Waals surface area contributed by atoms with Crippen molar-refractivity contribution in [2.75, 3.05) is 20.2 Å². The van der Waals surface area contributed by atoms with Gasteiger partial charge in [-0.2, -0.15) is 0 Å². The van der Waals surface area contributed by atoms with E-state index in [1.807, 2.05) is 6.07 Å². The minimum atomic E-state index is -3.41. The largest absolute Gasteiger partial charge is 0.494 e. The Labute approximate surface area is 218 Å². The average Bonchev–Trinajstić information content (AvgIpc) is 2.88. The molecule has 0 radical (unpaired) electrons. The van der Waals surface area contributed by atoms with E-state index in [1.54, 1.807) is 54.8 Å². The van der Waals surface area contributed by atoms with Crippen molar-refractivity contribution in [2.24, 2.45) is 0 Å². The second-order valence-electron chi connectivity index (χ2n) is 9.37. The molecule has 0 atom stereocenters. The van der Waals surface area contributed by atoms with E-state index in [0.29, 0.717) is 45.7 Å². The number of pyridine rings is 1. The summed E-state index contributed by atoms with van der Waals surface area (Å²) < 4.78 is 35.2. The lowest BCUT2D eigenvalue weighted by Crippen LogP contribution is -2.46. The summed E-state index contributed by atoms with van der Waals surface area (Å²) in [6, 6.07) is 11.6. The molecule has 1 aliphatic heterocycles. The van der Waals surface area contributed by atoms with Gasteiger partial charge in [-0.1, -0.05) is 29.8 Å². The van der Waals surface area contributed by atoms with E-state index < -0.39 is 26.5 Å². The molecule has 0 spiro atoms. The van der Waals surface area contributed by atoms with Crippen LogP contribution in [-0.4, -0.2) is 52.3 Å². The molecule has 4 aromatic rings. The molecule has 1 fully saturated rings. The predicted octanol–water partition coefficient (Wildman–Crippen LogP) is 3.74. The van der Waals surface area contributed by atoms with E-state index in [9.17, 15) is 18.0 Å². The highest BCUT2D eigenvalue weighted by molar-refractivity contribution is 7.89. The zero-order valence-corrected chi connectivity index (χ0v) is 22.3. The predicted molar refractivity (Wildman–Crippen MR) is 145 cm³/mol. The number of sulfonamides is 1. The number of piperidine rings is 1. The van der Waals surface area contributed by atoms with Crippen molar-refractivity contribution in [2.45, 2.75) is 38.0 Å². The van der Waals surface area contributed by atoms with Crippen LogP contribution in [0.3, 0.4) is 0 Å². The fourth-order valence-corrected chi connectivity index (χ4v) is 6.51. The minimum Gasteiger partial charge on any atom is -0.494 e. The molecule has 0 amide bonds. The molecule has 194 valence electrons. The van der Waals surface area contributed by atoms with Crippen molar-refractivity contribution < 1.29 is 13.2 Å². The van der Waals surface area contributed by atoms with E-state index in [-0.39, 0.29) is 24.5 Å². The lowest BCUT2D eigenvalue weighted by atomic mass is 10.0. The van der Waals surface area contributed by atoms with Crippen molar-refractivity contribution in [3.05, 3.63) is 74.5 Å². The summed E-state index contributed by atoms with van der Waals surface area (Å²) in [5.74, 6) is 0.523. The number of halogens is 1. The second-order valence-corrected chi connectivity index (χ2v) is 12.3. The molecule has 2 aromatic heterocycles. The highest BCUT2D eigenvalue weighted by Gasteiger charge is 2.32. The summed E-state index contributed by atoms with van der Waals surface area (Å²) in [6.07, 6.45) is 2.31.